The van der Waals surface area contributed by atoms with Crippen LogP contribution in [-0.4, -0.2) is 110 Å². The summed E-state index contributed by atoms with van der Waals surface area (Å²) in [6.07, 6.45) is 11.9. The van der Waals surface area contributed by atoms with Gasteiger partial charge in [-0.15, -0.1) is 0 Å². The van der Waals surface area contributed by atoms with Crippen LogP contribution < -0.4 is 10.2 Å². The van der Waals surface area contributed by atoms with Gasteiger partial charge in [-0.1, -0.05) is 5.92 Å². The summed E-state index contributed by atoms with van der Waals surface area (Å²) in [4.78, 5) is 26.9. The normalized spacial score (nSPS) is 18.2. The molecule has 7 rings (SSSR count). The van der Waals surface area contributed by atoms with Crippen molar-refractivity contribution in [2.24, 2.45) is 0 Å². The monoisotopic (exact) mass is 672 g/mol. The van der Waals surface area contributed by atoms with Gasteiger partial charge in [0, 0.05) is 89.1 Å². The first kappa shape index (κ1) is 32.0. The van der Waals surface area contributed by atoms with Crippen molar-refractivity contribution in [3.63, 3.8) is 0 Å². The molecule has 15 nitrogen and oxygen atoms in total. The second-order valence-electron chi connectivity index (χ2n) is 12.0. The van der Waals surface area contributed by atoms with Crippen LogP contribution >= 0.6 is 0 Å². The van der Waals surface area contributed by atoms with Crippen molar-refractivity contribution in [2.45, 2.75) is 43.3 Å². The summed E-state index contributed by atoms with van der Waals surface area (Å²) in [7, 11) is -1.98. The number of pyridine rings is 1. The molecule has 2 N–H and O–H groups in total. The molecule has 1 saturated carbocycles. The standard InChI is InChI=1S/C32H36N10O5S/c1-46-32(43)7-10-41(11-8-32)27-16-30(36-19-24(27)2-5-28-34-17-23(18-35-28)21-40-12-14-47-15-13-40)38-29-6-9-33-31(39-29)25-20-37-42(22-25)48(44,45)26-3-4-26/h6,9,16-20,22,26,43H,3-4,7-8,10-15,21H2,1H3,(H,33,36,38,39). The van der Waals surface area contributed by atoms with E-state index in [1.807, 2.05) is 18.5 Å². The van der Waals surface area contributed by atoms with E-state index in [1.54, 1.807) is 18.5 Å². The summed E-state index contributed by atoms with van der Waals surface area (Å²) in [5.41, 5.74) is 3.00. The first-order chi connectivity index (χ1) is 23.3. The summed E-state index contributed by atoms with van der Waals surface area (Å²) in [5, 5.41) is 17.6. The highest BCUT2D eigenvalue weighted by Crippen LogP contribution is 2.32. The second-order valence-corrected chi connectivity index (χ2v) is 14.1. The Morgan fingerprint density at radius 1 is 1.02 bits per heavy atom. The van der Waals surface area contributed by atoms with Crippen LogP contribution in [0.15, 0.2) is 49.3 Å². The number of nitrogens with zero attached hydrogens (tertiary/aromatic N) is 9. The van der Waals surface area contributed by atoms with Crippen LogP contribution in [0.1, 0.15) is 42.6 Å². The third kappa shape index (κ3) is 7.30. The highest BCUT2D eigenvalue weighted by Gasteiger charge is 2.38. The van der Waals surface area contributed by atoms with Crippen LogP contribution in [0.5, 0.6) is 0 Å². The minimum Gasteiger partial charge on any atom is -0.379 e. The van der Waals surface area contributed by atoms with Crippen molar-refractivity contribution in [3.05, 3.63) is 66.3 Å². The van der Waals surface area contributed by atoms with Crippen molar-refractivity contribution in [3.8, 4) is 23.2 Å². The summed E-state index contributed by atoms with van der Waals surface area (Å²) >= 11 is 0. The smallest absolute Gasteiger partial charge is 0.256 e. The molecule has 0 unspecified atom stereocenters. The van der Waals surface area contributed by atoms with E-state index < -0.39 is 15.8 Å². The molecule has 0 atom stereocenters. The van der Waals surface area contributed by atoms with Crippen molar-refractivity contribution in [1.29, 1.82) is 0 Å². The maximum absolute atomic E-state index is 12.6. The molecule has 2 aliphatic heterocycles. The quantitative estimate of drug-likeness (QED) is 0.195. The lowest BCUT2D eigenvalue weighted by Gasteiger charge is -2.38. The van der Waals surface area contributed by atoms with E-state index in [-0.39, 0.29) is 5.25 Å². The molecule has 2 saturated heterocycles. The average molecular weight is 673 g/mol. The molecule has 0 spiro atoms. The number of hydrogen-bond donors (Lipinski definition) is 2. The lowest BCUT2D eigenvalue weighted by molar-refractivity contribution is -0.196. The Bertz CT molecular complexity index is 1920. The topological polar surface area (TPSA) is 174 Å². The molecule has 0 aromatic carbocycles. The minimum absolute atomic E-state index is 0.325. The van der Waals surface area contributed by atoms with Gasteiger partial charge in [0.15, 0.2) is 11.6 Å². The van der Waals surface area contributed by atoms with Gasteiger partial charge in [-0.25, -0.2) is 33.3 Å². The number of morpholine rings is 1. The number of ether oxygens (including phenoxy) is 2. The number of anilines is 3. The minimum atomic E-state index is -3.50. The van der Waals surface area contributed by atoms with Crippen LogP contribution in [-0.2, 0) is 26.0 Å². The molecule has 3 aliphatic rings. The van der Waals surface area contributed by atoms with E-state index in [1.165, 1.54) is 19.5 Å². The van der Waals surface area contributed by atoms with E-state index in [4.69, 9.17) is 9.47 Å². The summed E-state index contributed by atoms with van der Waals surface area (Å²) in [6.45, 7) is 5.09. The van der Waals surface area contributed by atoms with Gasteiger partial charge in [0.2, 0.25) is 5.82 Å². The zero-order chi connectivity index (χ0) is 33.1. The first-order valence-corrected chi connectivity index (χ1v) is 17.3. The van der Waals surface area contributed by atoms with Gasteiger partial charge in [-0.2, -0.15) is 9.19 Å². The van der Waals surface area contributed by atoms with E-state index in [2.05, 4.69) is 57.0 Å². The van der Waals surface area contributed by atoms with Crippen LogP contribution in [0.3, 0.4) is 0 Å². The summed E-state index contributed by atoms with van der Waals surface area (Å²) in [5.74, 6) is 6.82. The van der Waals surface area contributed by atoms with Gasteiger partial charge < -0.3 is 24.8 Å². The number of aliphatic hydroxyl groups is 1. The second kappa shape index (κ2) is 13.5. The summed E-state index contributed by atoms with van der Waals surface area (Å²) < 4.78 is 37.0. The molecule has 6 heterocycles. The molecule has 250 valence electrons. The number of piperidine rings is 1. The zero-order valence-corrected chi connectivity index (χ0v) is 27.3. The molecule has 16 heteroatoms. The van der Waals surface area contributed by atoms with Gasteiger partial charge in [0.05, 0.1) is 47.7 Å². The Balaban J connectivity index is 1.11. The molecule has 4 aromatic heterocycles. The third-order valence-electron chi connectivity index (χ3n) is 8.61. The van der Waals surface area contributed by atoms with E-state index >= 15 is 0 Å². The Morgan fingerprint density at radius 2 is 1.79 bits per heavy atom. The van der Waals surface area contributed by atoms with Crippen LogP contribution in [0, 0.1) is 11.8 Å². The Hall–Kier alpha value is -4.53. The number of hydrogen-bond acceptors (Lipinski definition) is 14. The molecular formula is C32H36N10O5S. The molecule has 0 radical (unpaired) electrons. The predicted molar refractivity (Wildman–Crippen MR) is 176 cm³/mol. The Kier molecular flexibility index (Phi) is 9.03. The molecule has 0 bridgehead atoms. The van der Waals surface area contributed by atoms with E-state index in [9.17, 15) is 13.5 Å². The maximum Gasteiger partial charge on any atom is 0.256 e. The largest absolute Gasteiger partial charge is 0.379 e. The van der Waals surface area contributed by atoms with Gasteiger partial charge in [-0.3, -0.25) is 4.90 Å². The van der Waals surface area contributed by atoms with Gasteiger partial charge in [0.25, 0.3) is 10.0 Å². The number of rotatable bonds is 9. The number of methoxy groups -OCH3 is 1. The number of aromatic nitrogens is 7. The van der Waals surface area contributed by atoms with Gasteiger partial charge >= 0.3 is 0 Å². The Labute approximate surface area is 278 Å². The van der Waals surface area contributed by atoms with Crippen molar-refractivity contribution in [2.75, 3.05) is 56.7 Å². The van der Waals surface area contributed by atoms with Crippen molar-refractivity contribution < 1.29 is 23.0 Å². The highest BCUT2D eigenvalue weighted by molar-refractivity contribution is 7.90. The average Bonchev–Trinajstić information content (AvgIpc) is 3.86. The number of nitrogens with one attached hydrogen (secondary N) is 1. The maximum atomic E-state index is 12.6. The fraction of sp³-hybridized carbons (Fsp3) is 0.438. The predicted octanol–water partition coefficient (Wildman–Crippen LogP) is 1.78. The SMILES string of the molecule is COC1(O)CCN(c2cc(Nc3ccnc(-c4cnn(S(=O)(=O)C5CC5)c4)n3)ncc2C#Cc2ncc(CN3CCOCC3)cn2)CC1. The molecule has 3 fully saturated rings. The molecule has 48 heavy (non-hydrogen) atoms. The molecule has 0 amide bonds. The van der Waals surface area contributed by atoms with Crippen LogP contribution in [0.25, 0.3) is 11.4 Å². The molecule has 4 aromatic rings. The van der Waals surface area contributed by atoms with Crippen molar-refractivity contribution in [1.82, 2.24) is 39.0 Å². The lowest BCUT2D eigenvalue weighted by Crippen LogP contribution is -2.45. The van der Waals surface area contributed by atoms with Gasteiger partial charge in [0.1, 0.15) is 11.6 Å². The fourth-order valence-corrected chi connectivity index (χ4v) is 7.07. The first-order valence-electron chi connectivity index (χ1n) is 15.8. The van der Waals surface area contributed by atoms with Crippen LogP contribution in [0.4, 0.5) is 17.3 Å². The van der Waals surface area contributed by atoms with Gasteiger partial charge in [-0.05, 0) is 24.8 Å². The highest BCUT2D eigenvalue weighted by atomic mass is 32.2. The summed E-state index contributed by atoms with van der Waals surface area (Å²) in [6, 6.07) is 3.58. The lowest BCUT2D eigenvalue weighted by atomic mass is 10.0. The molecular weight excluding hydrogens is 636 g/mol. The van der Waals surface area contributed by atoms with E-state index in [0.29, 0.717) is 73.2 Å². The van der Waals surface area contributed by atoms with Crippen molar-refractivity contribution >= 4 is 27.3 Å². The van der Waals surface area contributed by atoms with Crippen LogP contribution in [0.2, 0.25) is 0 Å². The molecule has 1 aliphatic carbocycles. The Morgan fingerprint density at radius 3 is 2.52 bits per heavy atom. The van der Waals surface area contributed by atoms with E-state index in [0.717, 1.165) is 48.2 Å². The zero-order valence-electron chi connectivity index (χ0n) is 26.5. The fourth-order valence-electron chi connectivity index (χ4n) is 5.59. The third-order valence-corrected chi connectivity index (χ3v) is 10.6.